The van der Waals surface area contributed by atoms with Crippen LogP contribution in [0, 0.1) is 0 Å². The van der Waals surface area contributed by atoms with Gasteiger partial charge in [-0.15, -0.1) is 11.3 Å². The van der Waals surface area contributed by atoms with E-state index >= 15 is 0 Å². The maximum absolute atomic E-state index is 11.0. The summed E-state index contributed by atoms with van der Waals surface area (Å²) >= 11 is 7.55. The third-order valence-corrected chi connectivity index (χ3v) is 3.14. The second-order valence-electron chi connectivity index (χ2n) is 3.12. The Bertz CT molecular complexity index is 545. The SMILES string of the molecule is O=c1nc(CC=Cc2cccs2)c(Cl)c[nH]1. The summed E-state index contributed by atoms with van der Waals surface area (Å²) in [7, 11) is 0. The van der Waals surface area contributed by atoms with Crippen LogP contribution in [-0.2, 0) is 6.42 Å². The minimum absolute atomic E-state index is 0.371. The Morgan fingerprint density at radius 3 is 3.19 bits per heavy atom. The van der Waals surface area contributed by atoms with Crippen molar-refractivity contribution in [2.75, 3.05) is 0 Å². The lowest BCUT2D eigenvalue weighted by Gasteiger charge is -1.96. The molecule has 0 aromatic carbocycles. The number of halogens is 1. The molecule has 0 aliphatic rings. The molecule has 2 heterocycles. The number of nitrogens with one attached hydrogen (secondary N) is 1. The first-order valence-electron chi connectivity index (χ1n) is 4.70. The van der Waals surface area contributed by atoms with E-state index in [4.69, 9.17) is 11.6 Å². The van der Waals surface area contributed by atoms with Crippen molar-refractivity contribution in [3.05, 3.63) is 55.9 Å². The Hall–Kier alpha value is -1.39. The van der Waals surface area contributed by atoms with Gasteiger partial charge in [-0.1, -0.05) is 23.7 Å². The lowest BCUT2D eigenvalue weighted by atomic mass is 10.2. The van der Waals surface area contributed by atoms with Gasteiger partial charge in [0, 0.05) is 17.5 Å². The number of hydrogen-bond acceptors (Lipinski definition) is 3. The van der Waals surface area contributed by atoms with Gasteiger partial charge in [0.1, 0.15) is 0 Å². The van der Waals surface area contributed by atoms with Crippen molar-refractivity contribution in [1.82, 2.24) is 9.97 Å². The van der Waals surface area contributed by atoms with E-state index in [-0.39, 0.29) is 5.69 Å². The molecule has 16 heavy (non-hydrogen) atoms. The number of hydrogen-bond donors (Lipinski definition) is 1. The van der Waals surface area contributed by atoms with Crippen LogP contribution < -0.4 is 5.69 Å². The number of nitrogens with zero attached hydrogens (tertiary/aromatic N) is 1. The molecule has 0 radical (unpaired) electrons. The molecule has 0 spiro atoms. The van der Waals surface area contributed by atoms with Crippen LogP contribution in [0.15, 0.2) is 34.6 Å². The molecule has 2 rings (SSSR count). The van der Waals surface area contributed by atoms with Gasteiger partial charge in [0.05, 0.1) is 10.7 Å². The third kappa shape index (κ3) is 2.81. The Labute approximate surface area is 101 Å². The van der Waals surface area contributed by atoms with Gasteiger partial charge in [-0.05, 0) is 17.5 Å². The number of H-pyrrole nitrogens is 1. The fraction of sp³-hybridized carbons (Fsp3) is 0.0909. The highest BCUT2D eigenvalue weighted by Crippen LogP contribution is 2.13. The zero-order valence-electron chi connectivity index (χ0n) is 8.31. The van der Waals surface area contributed by atoms with Crippen LogP contribution in [0.4, 0.5) is 0 Å². The summed E-state index contributed by atoms with van der Waals surface area (Å²) in [4.78, 5) is 18.4. The van der Waals surface area contributed by atoms with E-state index < -0.39 is 0 Å². The fourth-order valence-electron chi connectivity index (χ4n) is 1.23. The topological polar surface area (TPSA) is 45.8 Å². The quantitative estimate of drug-likeness (QED) is 0.913. The van der Waals surface area contributed by atoms with E-state index in [9.17, 15) is 4.79 Å². The zero-order valence-corrected chi connectivity index (χ0v) is 9.89. The minimum Gasteiger partial charge on any atom is -0.311 e. The van der Waals surface area contributed by atoms with Gasteiger partial charge >= 0.3 is 5.69 Å². The van der Waals surface area contributed by atoms with Crippen molar-refractivity contribution in [2.24, 2.45) is 0 Å². The van der Waals surface area contributed by atoms with Crippen LogP contribution in [0.1, 0.15) is 10.6 Å². The minimum atomic E-state index is -0.371. The molecule has 0 fully saturated rings. The molecule has 82 valence electrons. The molecule has 0 saturated heterocycles. The van der Waals surface area contributed by atoms with Crippen LogP contribution in [0.3, 0.4) is 0 Å². The average molecular weight is 253 g/mol. The Morgan fingerprint density at radius 2 is 2.44 bits per heavy atom. The second kappa shape index (κ2) is 5.09. The van der Waals surface area contributed by atoms with Crippen molar-refractivity contribution in [2.45, 2.75) is 6.42 Å². The third-order valence-electron chi connectivity index (χ3n) is 1.97. The number of aromatic amines is 1. The molecule has 0 aliphatic carbocycles. The summed E-state index contributed by atoms with van der Waals surface area (Å²) in [5.41, 5.74) is 0.224. The van der Waals surface area contributed by atoms with Crippen molar-refractivity contribution >= 4 is 29.0 Å². The molecule has 5 heteroatoms. The van der Waals surface area contributed by atoms with Crippen LogP contribution in [0.2, 0.25) is 5.02 Å². The summed E-state index contributed by atoms with van der Waals surface area (Å²) < 4.78 is 0. The van der Waals surface area contributed by atoms with E-state index in [0.717, 1.165) is 0 Å². The largest absolute Gasteiger partial charge is 0.345 e. The van der Waals surface area contributed by atoms with Gasteiger partial charge in [-0.2, -0.15) is 4.98 Å². The lowest BCUT2D eigenvalue weighted by Crippen LogP contribution is -2.11. The van der Waals surface area contributed by atoms with Crippen LogP contribution in [0.5, 0.6) is 0 Å². The van der Waals surface area contributed by atoms with Gasteiger partial charge < -0.3 is 4.98 Å². The predicted molar refractivity (Wildman–Crippen MR) is 66.9 cm³/mol. The second-order valence-corrected chi connectivity index (χ2v) is 4.51. The molecule has 0 bridgehead atoms. The van der Waals surface area contributed by atoms with E-state index in [1.165, 1.54) is 11.1 Å². The molecule has 0 saturated carbocycles. The molecule has 0 unspecified atom stereocenters. The maximum atomic E-state index is 11.0. The number of thiophene rings is 1. The molecule has 2 aromatic rings. The summed E-state index contributed by atoms with van der Waals surface area (Å²) in [6.07, 6.45) is 5.95. The molecular weight excluding hydrogens is 244 g/mol. The molecule has 0 amide bonds. The Balaban J connectivity index is 2.10. The lowest BCUT2D eigenvalue weighted by molar-refractivity contribution is 0.993. The van der Waals surface area contributed by atoms with Gasteiger partial charge in [-0.3, -0.25) is 0 Å². The van der Waals surface area contributed by atoms with Crippen LogP contribution in [0.25, 0.3) is 6.08 Å². The molecule has 1 N–H and O–H groups in total. The van der Waals surface area contributed by atoms with Gasteiger partial charge in [-0.25, -0.2) is 4.79 Å². The van der Waals surface area contributed by atoms with Gasteiger partial charge in [0.25, 0.3) is 0 Å². The van der Waals surface area contributed by atoms with Gasteiger partial charge in [0.2, 0.25) is 0 Å². The first kappa shape index (κ1) is 11.1. The highest BCUT2D eigenvalue weighted by Gasteiger charge is 2.00. The van der Waals surface area contributed by atoms with Crippen molar-refractivity contribution in [3.63, 3.8) is 0 Å². The fourth-order valence-corrected chi connectivity index (χ4v) is 2.05. The van der Waals surface area contributed by atoms with Gasteiger partial charge in [0.15, 0.2) is 0 Å². The number of aromatic nitrogens is 2. The highest BCUT2D eigenvalue weighted by atomic mass is 35.5. The van der Waals surface area contributed by atoms with E-state index in [1.54, 1.807) is 11.3 Å². The normalized spacial score (nSPS) is 11.1. The zero-order chi connectivity index (χ0) is 11.4. The summed E-state index contributed by atoms with van der Waals surface area (Å²) in [6.45, 7) is 0. The molecule has 0 atom stereocenters. The van der Waals surface area contributed by atoms with Crippen LogP contribution in [-0.4, -0.2) is 9.97 Å². The summed E-state index contributed by atoms with van der Waals surface area (Å²) in [6, 6.07) is 4.01. The summed E-state index contributed by atoms with van der Waals surface area (Å²) in [5.74, 6) is 0. The standard InChI is InChI=1S/C11H9ClN2OS/c12-9-7-13-11(15)14-10(9)5-1-3-8-4-2-6-16-8/h1-4,6-7H,5H2,(H,13,14,15). The van der Waals surface area contributed by atoms with E-state index in [0.29, 0.717) is 17.1 Å². The average Bonchev–Trinajstić information content (AvgIpc) is 2.76. The van der Waals surface area contributed by atoms with Crippen molar-refractivity contribution in [3.8, 4) is 0 Å². The van der Waals surface area contributed by atoms with E-state index in [1.807, 2.05) is 29.7 Å². The monoisotopic (exact) mass is 252 g/mol. The van der Waals surface area contributed by atoms with E-state index in [2.05, 4.69) is 9.97 Å². The van der Waals surface area contributed by atoms with Crippen molar-refractivity contribution < 1.29 is 0 Å². The number of rotatable bonds is 3. The van der Waals surface area contributed by atoms with Crippen molar-refractivity contribution in [1.29, 1.82) is 0 Å². The first-order valence-corrected chi connectivity index (χ1v) is 5.95. The number of allylic oxidation sites excluding steroid dienone is 1. The molecular formula is C11H9ClN2OS. The highest BCUT2D eigenvalue weighted by molar-refractivity contribution is 7.10. The van der Waals surface area contributed by atoms with Crippen LogP contribution >= 0.6 is 22.9 Å². The predicted octanol–water partition coefficient (Wildman–Crippen LogP) is 2.74. The smallest absolute Gasteiger partial charge is 0.311 e. The maximum Gasteiger partial charge on any atom is 0.345 e. The summed E-state index contributed by atoms with van der Waals surface area (Å²) in [5, 5.41) is 2.49. The molecule has 2 aromatic heterocycles. The molecule has 3 nitrogen and oxygen atoms in total. The first-order chi connectivity index (χ1) is 7.75. The molecule has 0 aliphatic heterocycles. The Morgan fingerprint density at radius 1 is 1.56 bits per heavy atom. The Kier molecular flexibility index (Phi) is 3.54.